The molecule has 0 bridgehead atoms. The van der Waals surface area contributed by atoms with Crippen LogP contribution in [0.15, 0.2) is 36.4 Å². The van der Waals surface area contributed by atoms with E-state index in [1.807, 2.05) is 36.4 Å². The van der Waals surface area contributed by atoms with Gasteiger partial charge in [0.05, 0.1) is 39.6 Å². The Balaban J connectivity index is 2.05. The van der Waals surface area contributed by atoms with Crippen LogP contribution in [-0.2, 0) is 44.8 Å². The Hall–Kier alpha value is -1.70. The quantitative estimate of drug-likeness (QED) is 0.0636. The largest absolute Gasteiger partial charge is 0.490 e. The zero-order chi connectivity index (χ0) is 34.4. The molecule has 0 spiro atoms. The highest BCUT2D eigenvalue weighted by Gasteiger charge is 2.33. The molecule has 0 heterocycles. The molecule has 0 aromatic heterocycles. The first-order valence-corrected chi connectivity index (χ1v) is 20.8. The van der Waals surface area contributed by atoms with Crippen molar-refractivity contribution < 1.29 is 41.4 Å². The predicted molar refractivity (Wildman–Crippen MR) is 191 cm³/mol. The first-order chi connectivity index (χ1) is 22.8. The van der Waals surface area contributed by atoms with E-state index in [4.69, 9.17) is 32.3 Å². The summed E-state index contributed by atoms with van der Waals surface area (Å²) in [6, 6.07) is 11.4. The van der Waals surface area contributed by atoms with Crippen LogP contribution in [0.2, 0.25) is 0 Å². The van der Waals surface area contributed by atoms with E-state index in [-0.39, 0.29) is 26.4 Å². The summed E-state index contributed by atoms with van der Waals surface area (Å²) in [6.45, 7) is 14.8. The van der Waals surface area contributed by atoms with Crippen molar-refractivity contribution in [3.63, 3.8) is 0 Å². The van der Waals surface area contributed by atoms with Crippen LogP contribution in [0.4, 0.5) is 0 Å². The minimum atomic E-state index is -3.58. The maximum Gasteiger partial charge on any atom is 0.365 e. The molecule has 11 heteroatoms. The standard InChI is InChI=1S/C36H60O9P2/c1-7-13-21-42-46(37,43-22-14-8-2)35-29-31(11-5)17-19-33(35)40-27-25-39-26-28-41-34-20-18-32(12-6)30-36(34)47(38,44-23-15-9-3)45-24-16-10-4/h17-20,29-30H,7-16,21-28H2,1-6H3. The Morgan fingerprint density at radius 3 is 1.11 bits per heavy atom. The fourth-order valence-electron chi connectivity index (χ4n) is 4.43. The molecule has 0 aliphatic heterocycles. The third-order valence-electron chi connectivity index (χ3n) is 7.46. The van der Waals surface area contributed by atoms with E-state index in [9.17, 15) is 9.13 Å². The molecule has 47 heavy (non-hydrogen) atoms. The summed E-state index contributed by atoms with van der Waals surface area (Å²) in [5.74, 6) is 0.946. The number of hydrogen-bond donors (Lipinski definition) is 0. The maximum absolute atomic E-state index is 14.0. The smallest absolute Gasteiger partial charge is 0.365 e. The Morgan fingerprint density at radius 2 is 0.809 bits per heavy atom. The summed E-state index contributed by atoms with van der Waals surface area (Å²) < 4.78 is 69.7. The van der Waals surface area contributed by atoms with Crippen molar-refractivity contribution in [1.82, 2.24) is 0 Å². The minimum Gasteiger partial charge on any atom is -0.490 e. The van der Waals surface area contributed by atoms with Gasteiger partial charge >= 0.3 is 15.2 Å². The van der Waals surface area contributed by atoms with Crippen molar-refractivity contribution in [2.75, 3.05) is 52.9 Å². The molecule has 2 aromatic rings. The molecule has 2 aromatic carbocycles. The second-order valence-electron chi connectivity index (χ2n) is 11.4. The first-order valence-electron chi connectivity index (χ1n) is 17.7. The normalized spacial score (nSPS) is 12.0. The molecular formula is C36H60O9P2. The van der Waals surface area contributed by atoms with Crippen LogP contribution in [0.3, 0.4) is 0 Å². The summed E-state index contributed by atoms with van der Waals surface area (Å²) in [6.07, 6.45) is 8.46. The summed E-state index contributed by atoms with van der Waals surface area (Å²) >= 11 is 0. The van der Waals surface area contributed by atoms with Crippen molar-refractivity contribution in [3.8, 4) is 11.5 Å². The molecule has 0 amide bonds. The van der Waals surface area contributed by atoms with Crippen LogP contribution < -0.4 is 20.1 Å². The Morgan fingerprint density at radius 1 is 0.468 bits per heavy atom. The third-order valence-corrected chi connectivity index (χ3v) is 11.4. The van der Waals surface area contributed by atoms with Crippen LogP contribution >= 0.6 is 15.2 Å². The molecule has 268 valence electrons. The van der Waals surface area contributed by atoms with Gasteiger partial charge in [-0.2, -0.15) is 0 Å². The molecule has 0 fully saturated rings. The molecule has 9 nitrogen and oxygen atoms in total. The van der Waals surface area contributed by atoms with Gasteiger partial charge in [-0.1, -0.05) is 79.4 Å². The molecule has 0 N–H and O–H groups in total. The van der Waals surface area contributed by atoms with Crippen LogP contribution in [0.25, 0.3) is 0 Å². The van der Waals surface area contributed by atoms with Crippen molar-refractivity contribution in [1.29, 1.82) is 0 Å². The average Bonchev–Trinajstić information content (AvgIpc) is 3.08. The number of hydrogen-bond acceptors (Lipinski definition) is 9. The van der Waals surface area contributed by atoms with Gasteiger partial charge in [0.2, 0.25) is 0 Å². The van der Waals surface area contributed by atoms with E-state index in [1.54, 1.807) is 0 Å². The summed E-state index contributed by atoms with van der Waals surface area (Å²) in [4.78, 5) is 0. The number of ether oxygens (including phenoxy) is 3. The van der Waals surface area contributed by atoms with Gasteiger partial charge in [0.25, 0.3) is 0 Å². The lowest BCUT2D eigenvalue weighted by molar-refractivity contribution is 0.0767. The van der Waals surface area contributed by atoms with E-state index < -0.39 is 15.2 Å². The second kappa shape index (κ2) is 23.6. The number of rotatable bonds is 28. The Labute approximate surface area is 284 Å². The van der Waals surface area contributed by atoms with Gasteiger partial charge < -0.3 is 32.3 Å². The van der Waals surface area contributed by atoms with Crippen molar-refractivity contribution >= 4 is 25.8 Å². The second-order valence-corrected chi connectivity index (χ2v) is 15.3. The van der Waals surface area contributed by atoms with Gasteiger partial charge in [-0.25, -0.2) is 0 Å². The van der Waals surface area contributed by atoms with Gasteiger partial charge in [-0.15, -0.1) is 0 Å². The molecule has 0 atom stereocenters. The number of aryl methyl sites for hydroxylation is 2. The Bertz CT molecular complexity index is 1120. The van der Waals surface area contributed by atoms with Crippen molar-refractivity contribution in [3.05, 3.63) is 47.5 Å². The molecule has 0 saturated heterocycles. The maximum atomic E-state index is 14.0. The highest BCUT2D eigenvalue weighted by molar-refractivity contribution is 7.62. The fourth-order valence-corrected chi connectivity index (χ4v) is 8.08. The fraction of sp³-hybridized carbons (Fsp3) is 0.667. The molecule has 0 saturated carbocycles. The SMILES string of the molecule is CCCCOP(=O)(OCCCC)c1cc(CC)ccc1OCCOCCOc1ccc(CC)cc1P(=O)(OCCCC)OCCCC. The Kier molecular flexibility index (Phi) is 20.8. The van der Waals surface area contributed by atoms with Gasteiger partial charge in [0.1, 0.15) is 35.3 Å². The topological polar surface area (TPSA) is 98.8 Å². The zero-order valence-corrected chi connectivity index (χ0v) is 31.5. The van der Waals surface area contributed by atoms with E-state index in [1.165, 1.54) is 0 Å². The molecule has 0 aliphatic carbocycles. The summed E-state index contributed by atoms with van der Waals surface area (Å²) in [5.41, 5.74) is 2.06. The molecule has 0 unspecified atom stereocenters. The van der Waals surface area contributed by atoms with Gasteiger partial charge in [-0.05, 0) is 73.9 Å². The molecular weight excluding hydrogens is 638 g/mol. The van der Waals surface area contributed by atoms with E-state index in [0.29, 0.717) is 48.5 Å². The lowest BCUT2D eigenvalue weighted by Crippen LogP contribution is -2.20. The van der Waals surface area contributed by atoms with E-state index >= 15 is 0 Å². The van der Waals surface area contributed by atoms with Crippen molar-refractivity contribution in [2.24, 2.45) is 0 Å². The number of benzene rings is 2. The summed E-state index contributed by atoms with van der Waals surface area (Å²) in [7, 11) is -7.16. The highest BCUT2D eigenvalue weighted by atomic mass is 31.2. The first kappa shape index (κ1) is 41.5. The summed E-state index contributed by atoms with van der Waals surface area (Å²) in [5, 5.41) is 0.921. The van der Waals surface area contributed by atoms with Crippen LogP contribution in [-0.4, -0.2) is 52.9 Å². The van der Waals surface area contributed by atoms with Gasteiger partial charge in [0, 0.05) is 0 Å². The highest BCUT2D eigenvalue weighted by Crippen LogP contribution is 2.51. The molecule has 0 aliphatic rings. The van der Waals surface area contributed by atoms with E-state index in [2.05, 4.69) is 41.5 Å². The van der Waals surface area contributed by atoms with E-state index in [0.717, 1.165) is 75.3 Å². The third kappa shape index (κ3) is 14.4. The minimum absolute atomic E-state index is 0.241. The average molecular weight is 699 g/mol. The lowest BCUT2D eigenvalue weighted by Gasteiger charge is -2.22. The van der Waals surface area contributed by atoms with Crippen molar-refractivity contribution in [2.45, 2.75) is 106 Å². The van der Waals surface area contributed by atoms with Crippen LogP contribution in [0.1, 0.15) is 104 Å². The molecule has 0 radical (unpaired) electrons. The van der Waals surface area contributed by atoms with Crippen LogP contribution in [0, 0.1) is 0 Å². The molecule has 2 rings (SSSR count). The lowest BCUT2D eigenvalue weighted by atomic mass is 10.2. The number of unbranched alkanes of at least 4 members (excludes halogenated alkanes) is 4. The zero-order valence-electron chi connectivity index (χ0n) is 29.8. The van der Waals surface area contributed by atoms with Gasteiger partial charge in [0.15, 0.2) is 0 Å². The monoisotopic (exact) mass is 698 g/mol. The van der Waals surface area contributed by atoms with Crippen LogP contribution in [0.5, 0.6) is 11.5 Å². The van der Waals surface area contributed by atoms with Gasteiger partial charge in [-0.3, -0.25) is 9.13 Å². The predicted octanol–water partition coefficient (Wildman–Crippen LogP) is 9.19.